The van der Waals surface area contributed by atoms with Gasteiger partial charge < -0.3 is 15.0 Å². The Morgan fingerprint density at radius 2 is 1.60 bits per heavy atom. The zero-order valence-corrected chi connectivity index (χ0v) is 16.8. The number of carbonyl (C=O) groups excluding carboxylic acids is 4. The Balaban J connectivity index is 1.64. The van der Waals surface area contributed by atoms with E-state index in [4.69, 9.17) is 4.74 Å². The molecule has 0 spiro atoms. The summed E-state index contributed by atoms with van der Waals surface area (Å²) in [4.78, 5) is 51.3. The first-order valence-electron chi connectivity index (χ1n) is 9.47. The monoisotopic (exact) mass is 409 g/mol. The number of para-hydroxylation sites is 1. The Hall–Kier alpha value is -3.68. The van der Waals surface area contributed by atoms with Gasteiger partial charge in [0.25, 0.3) is 11.8 Å². The molecule has 30 heavy (non-hydrogen) atoms. The molecule has 4 amide bonds. The van der Waals surface area contributed by atoms with E-state index in [0.717, 1.165) is 10.5 Å². The molecule has 0 unspecified atom stereocenters. The van der Waals surface area contributed by atoms with Crippen LogP contribution in [-0.2, 0) is 25.7 Å². The molecular weight excluding hydrogens is 386 g/mol. The molecule has 1 saturated heterocycles. The second-order valence-corrected chi connectivity index (χ2v) is 7.41. The van der Waals surface area contributed by atoms with Crippen molar-refractivity contribution in [3.63, 3.8) is 0 Å². The standard InChI is InChI=1S/C22H23N3O5/c1-22(2)20(28)25(21(29)23-22)14-19(27)30-15-18(26)24(17-11-7-4-8-12-17)13-16-9-5-3-6-10-16/h3-12H,13-15H2,1-2H3,(H,23,29). The number of anilines is 1. The Kier molecular flexibility index (Phi) is 6.15. The van der Waals surface area contributed by atoms with E-state index in [9.17, 15) is 19.2 Å². The second kappa shape index (κ2) is 8.77. The van der Waals surface area contributed by atoms with Gasteiger partial charge in [0.2, 0.25) is 0 Å². The molecule has 2 aromatic rings. The van der Waals surface area contributed by atoms with Crippen LogP contribution in [0.5, 0.6) is 0 Å². The van der Waals surface area contributed by atoms with E-state index in [2.05, 4.69) is 5.32 Å². The molecule has 156 valence electrons. The fourth-order valence-corrected chi connectivity index (χ4v) is 3.05. The van der Waals surface area contributed by atoms with Crippen molar-refractivity contribution in [3.05, 3.63) is 66.2 Å². The summed E-state index contributed by atoms with van der Waals surface area (Å²) in [6, 6.07) is 17.8. The number of rotatable bonds is 7. The zero-order chi connectivity index (χ0) is 21.7. The quantitative estimate of drug-likeness (QED) is 0.558. The maximum absolute atomic E-state index is 12.8. The number of benzene rings is 2. The predicted molar refractivity (Wildman–Crippen MR) is 109 cm³/mol. The molecule has 0 saturated carbocycles. The van der Waals surface area contributed by atoms with Gasteiger partial charge in [-0.3, -0.25) is 19.3 Å². The third-order valence-corrected chi connectivity index (χ3v) is 4.64. The van der Waals surface area contributed by atoms with Gasteiger partial charge in [-0.1, -0.05) is 48.5 Å². The molecule has 1 heterocycles. The summed E-state index contributed by atoms with van der Waals surface area (Å²) in [5, 5.41) is 2.48. The molecule has 8 heteroatoms. The van der Waals surface area contributed by atoms with Crippen LogP contribution in [-0.4, -0.2) is 47.4 Å². The Morgan fingerprint density at radius 1 is 1.00 bits per heavy atom. The van der Waals surface area contributed by atoms with E-state index in [-0.39, 0.29) is 0 Å². The van der Waals surface area contributed by atoms with Gasteiger partial charge in [0, 0.05) is 5.69 Å². The van der Waals surface area contributed by atoms with Crippen LogP contribution in [0, 0.1) is 0 Å². The highest BCUT2D eigenvalue weighted by Gasteiger charge is 2.45. The minimum Gasteiger partial charge on any atom is -0.454 e. The molecule has 2 aromatic carbocycles. The minimum absolute atomic E-state index is 0.308. The SMILES string of the molecule is CC1(C)NC(=O)N(CC(=O)OCC(=O)N(Cc2ccccc2)c2ccccc2)C1=O. The van der Waals surface area contributed by atoms with Crippen molar-refractivity contribution in [2.24, 2.45) is 0 Å². The summed E-state index contributed by atoms with van der Waals surface area (Å²) >= 11 is 0. The number of nitrogens with zero attached hydrogens (tertiary/aromatic N) is 2. The molecule has 8 nitrogen and oxygen atoms in total. The van der Waals surface area contributed by atoms with Gasteiger partial charge in [0.05, 0.1) is 6.54 Å². The fourth-order valence-electron chi connectivity index (χ4n) is 3.05. The molecule has 0 aliphatic carbocycles. The normalized spacial score (nSPS) is 14.9. The molecule has 0 radical (unpaired) electrons. The van der Waals surface area contributed by atoms with Crippen molar-refractivity contribution in [2.45, 2.75) is 25.9 Å². The Morgan fingerprint density at radius 3 is 2.17 bits per heavy atom. The first-order valence-corrected chi connectivity index (χ1v) is 9.47. The highest BCUT2D eigenvalue weighted by Crippen LogP contribution is 2.18. The van der Waals surface area contributed by atoms with Crippen molar-refractivity contribution in [1.29, 1.82) is 0 Å². The van der Waals surface area contributed by atoms with Crippen molar-refractivity contribution < 1.29 is 23.9 Å². The maximum Gasteiger partial charge on any atom is 0.326 e. The topological polar surface area (TPSA) is 96.0 Å². The van der Waals surface area contributed by atoms with Gasteiger partial charge in [0.1, 0.15) is 12.1 Å². The van der Waals surface area contributed by atoms with Crippen LogP contribution in [0.15, 0.2) is 60.7 Å². The average Bonchev–Trinajstić information content (AvgIpc) is 2.93. The van der Waals surface area contributed by atoms with Crippen LogP contribution in [0.1, 0.15) is 19.4 Å². The van der Waals surface area contributed by atoms with Crippen LogP contribution in [0.4, 0.5) is 10.5 Å². The molecule has 1 aliphatic rings. The summed E-state index contributed by atoms with van der Waals surface area (Å²) in [6.45, 7) is 2.34. The number of hydrogen-bond donors (Lipinski definition) is 1. The molecule has 0 bridgehead atoms. The van der Waals surface area contributed by atoms with E-state index in [1.165, 1.54) is 4.90 Å². The summed E-state index contributed by atoms with van der Waals surface area (Å²) in [7, 11) is 0. The van der Waals surface area contributed by atoms with Gasteiger partial charge >= 0.3 is 12.0 Å². The third kappa shape index (κ3) is 4.83. The molecule has 1 aliphatic heterocycles. The predicted octanol–water partition coefficient (Wildman–Crippen LogP) is 2.09. The van der Waals surface area contributed by atoms with Crippen LogP contribution in [0.25, 0.3) is 0 Å². The third-order valence-electron chi connectivity index (χ3n) is 4.64. The number of urea groups is 1. The van der Waals surface area contributed by atoms with Gasteiger partial charge in [-0.15, -0.1) is 0 Å². The molecule has 0 atom stereocenters. The Bertz CT molecular complexity index is 944. The summed E-state index contributed by atoms with van der Waals surface area (Å²) in [5.74, 6) is -1.78. The number of imide groups is 1. The van der Waals surface area contributed by atoms with Crippen LogP contribution in [0.2, 0.25) is 0 Å². The number of ether oxygens (including phenoxy) is 1. The number of hydrogen-bond acceptors (Lipinski definition) is 5. The lowest BCUT2D eigenvalue weighted by Gasteiger charge is -2.23. The Labute approximate surface area is 174 Å². The molecular formula is C22H23N3O5. The van der Waals surface area contributed by atoms with Crippen LogP contribution < -0.4 is 10.2 Å². The smallest absolute Gasteiger partial charge is 0.326 e. The summed E-state index contributed by atoms with van der Waals surface area (Å²) < 4.78 is 5.07. The van der Waals surface area contributed by atoms with E-state index in [1.54, 1.807) is 26.0 Å². The van der Waals surface area contributed by atoms with Crippen molar-refractivity contribution in [1.82, 2.24) is 10.2 Å². The first-order chi connectivity index (χ1) is 14.3. The lowest BCUT2D eigenvalue weighted by atomic mass is 10.1. The largest absolute Gasteiger partial charge is 0.454 e. The van der Waals surface area contributed by atoms with E-state index in [1.807, 2.05) is 48.5 Å². The lowest BCUT2D eigenvalue weighted by molar-refractivity contribution is -0.150. The van der Waals surface area contributed by atoms with Crippen molar-refractivity contribution in [3.8, 4) is 0 Å². The molecule has 1 N–H and O–H groups in total. The van der Waals surface area contributed by atoms with Gasteiger partial charge in [-0.25, -0.2) is 4.79 Å². The molecule has 1 fully saturated rings. The fraction of sp³-hybridized carbons (Fsp3) is 0.273. The van der Waals surface area contributed by atoms with E-state index >= 15 is 0 Å². The van der Waals surface area contributed by atoms with Gasteiger partial charge in [-0.2, -0.15) is 0 Å². The summed E-state index contributed by atoms with van der Waals surface area (Å²) in [5.41, 5.74) is 0.508. The first kappa shape index (κ1) is 21.0. The molecule has 3 rings (SSSR count). The minimum atomic E-state index is -1.08. The number of esters is 1. The van der Waals surface area contributed by atoms with E-state index < -0.39 is 42.5 Å². The maximum atomic E-state index is 12.8. The highest BCUT2D eigenvalue weighted by atomic mass is 16.5. The lowest BCUT2D eigenvalue weighted by Crippen LogP contribution is -2.41. The summed E-state index contributed by atoms with van der Waals surface area (Å²) in [6.07, 6.45) is 0. The number of nitrogens with one attached hydrogen (secondary N) is 1. The van der Waals surface area contributed by atoms with Gasteiger partial charge in [-0.05, 0) is 31.5 Å². The number of carbonyl (C=O) groups is 4. The van der Waals surface area contributed by atoms with Crippen LogP contribution in [0.3, 0.4) is 0 Å². The highest BCUT2D eigenvalue weighted by molar-refractivity contribution is 6.08. The van der Waals surface area contributed by atoms with Crippen molar-refractivity contribution >= 4 is 29.5 Å². The number of amides is 4. The van der Waals surface area contributed by atoms with Crippen molar-refractivity contribution in [2.75, 3.05) is 18.1 Å². The van der Waals surface area contributed by atoms with Crippen LogP contribution >= 0.6 is 0 Å². The van der Waals surface area contributed by atoms with Gasteiger partial charge in [0.15, 0.2) is 6.61 Å². The van der Waals surface area contributed by atoms with E-state index in [0.29, 0.717) is 12.2 Å². The zero-order valence-electron chi connectivity index (χ0n) is 16.8. The molecule has 0 aromatic heterocycles. The average molecular weight is 409 g/mol. The second-order valence-electron chi connectivity index (χ2n) is 7.41.